The molecule has 0 spiro atoms. The minimum absolute atomic E-state index is 0.493. The van der Waals surface area contributed by atoms with E-state index in [-0.39, 0.29) is 0 Å². The van der Waals surface area contributed by atoms with Gasteiger partial charge in [-0.2, -0.15) is 0 Å². The molecule has 0 atom stereocenters. The van der Waals surface area contributed by atoms with Gasteiger partial charge >= 0.3 is 0 Å². The van der Waals surface area contributed by atoms with Crippen LogP contribution in [0, 0.1) is 0 Å². The Kier molecular flexibility index (Phi) is 3.86. The second-order valence-electron chi connectivity index (χ2n) is 7.13. The number of hydrogen-bond donors (Lipinski definition) is 0. The molecule has 1 aromatic heterocycles. The summed E-state index contributed by atoms with van der Waals surface area (Å²) in [5.74, 6) is 0.914. The van der Waals surface area contributed by atoms with Crippen LogP contribution in [0.1, 0.15) is 18.7 Å². The highest BCUT2D eigenvalue weighted by Crippen LogP contribution is 2.35. The van der Waals surface area contributed by atoms with Gasteiger partial charge in [0.1, 0.15) is 0 Å². The van der Waals surface area contributed by atoms with Gasteiger partial charge in [0.25, 0.3) is 0 Å². The van der Waals surface area contributed by atoms with Gasteiger partial charge in [-0.15, -0.1) is 0 Å². The van der Waals surface area contributed by atoms with E-state index < -0.39 is 0 Å². The molecule has 3 aromatic carbocycles. The standard InChI is InChI=1S/C24H21N3/c1-27-22(16-25-19-12-13-19)26-23-20(17-8-4-2-5-9-17)14-15-21(24(23)27)18-10-6-3-7-11-18/h2-11,14-16,19H,12-13H2,1H3. The van der Waals surface area contributed by atoms with Crippen LogP contribution in [0.25, 0.3) is 33.3 Å². The van der Waals surface area contributed by atoms with Gasteiger partial charge in [-0.25, -0.2) is 4.98 Å². The molecule has 5 rings (SSSR count). The Balaban J connectivity index is 1.77. The lowest BCUT2D eigenvalue weighted by Crippen LogP contribution is -1.97. The summed E-state index contributed by atoms with van der Waals surface area (Å²) in [6, 6.07) is 25.9. The van der Waals surface area contributed by atoms with Gasteiger partial charge in [0.2, 0.25) is 0 Å². The molecular weight excluding hydrogens is 330 g/mol. The number of benzene rings is 3. The Hall–Kier alpha value is -3.20. The Morgan fingerprint density at radius 3 is 2.07 bits per heavy atom. The Morgan fingerprint density at radius 2 is 1.44 bits per heavy atom. The fourth-order valence-corrected chi connectivity index (χ4v) is 3.55. The van der Waals surface area contributed by atoms with Crippen molar-refractivity contribution in [1.29, 1.82) is 0 Å². The lowest BCUT2D eigenvalue weighted by atomic mass is 9.98. The Bertz CT molecular complexity index is 1120. The van der Waals surface area contributed by atoms with E-state index in [2.05, 4.69) is 83.3 Å². The van der Waals surface area contributed by atoms with Crippen molar-refractivity contribution < 1.29 is 0 Å². The van der Waals surface area contributed by atoms with Gasteiger partial charge in [0.15, 0.2) is 5.82 Å². The largest absolute Gasteiger partial charge is 0.326 e. The summed E-state index contributed by atoms with van der Waals surface area (Å²) < 4.78 is 2.18. The molecule has 1 fully saturated rings. The minimum Gasteiger partial charge on any atom is -0.326 e. The molecule has 27 heavy (non-hydrogen) atoms. The third kappa shape index (κ3) is 2.95. The van der Waals surface area contributed by atoms with Crippen LogP contribution in [0.3, 0.4) is 0 Å². The summed E-state index contributed by atoms with van der Waals surface area (Å²) in [4.78, 5) is 9.65. The van der Waals surface area contributed by atoms with E-state index in [0.717, 1.165) is 22.4 Å². The van der Waals surface area contributed by atoms with Crippen molar-refractivity contribution in [2.75, 3.05) is 0 Å². The lowest BCUT2D eigenvalue weighted by molar-refractivity contribution is 0.930. The zero-order chi connectivity index (χ0) is 18.2. The zero-order valence-electron chi connectivity index (χ0n) is 15.3. The summed E-state index contributed by atoms with van der Waals surface area (Å²) in [6.45, 7) is 0. The second-order valence-corrected chi connectivity index (χ2v) is 7.13. The summed E-state index contributed by atoms with van der Waals surface area (Å²) in [5.41, 5.74) is 6.93. The summed E-state index contributed by atoms with van der Waals surface area (Å²) in [7, 11) is 2.09. The highest BCUT2D eigenvalue weighted by Gasteiger charge is 2.20. The molecule has 3 heteroatoms. The summed E-state index contributed by atoms with van der Waals surface area (Å²) in [5, 5.41) is 0. The van der Waals surface area contributed by atoms with Crippen LogP contribution in [-0.4, -0.2) is 21.8 Å². The fraction of sp³-hybridized carbons (Fsp3) is 0.167. The van der Waals surface area contributed by atoms with Crippen molar-refractivity contribution in [2.24, 2.45) is 12.0 Å². The fourth-order valence-electron chi connectivity index (χ4n) is 3.55. The predicted octanol–water partition coefficient (Wildman–Crippen LogP) is 5.49. The molecule has 1 aliphatic rings. The molecule has 132 valence electrons. The van der Waals surface area contributed by atoms with Crippen LogP contribution in [0.15, 0.2) is 77.8 Å². The first kappa shape index (κ1) is 16.0. The number of aromatic nitrogens is 2. The van der Waals surface area contributed by atoms with Crippen molar-refractivity contribution in [3.8, 4) is 22.3 Å². The molecule has 0 radical (unpaired) electrons. The molecule has 1 saturated carbocycles. The number of imidazole rings is 1. The molecule has 0 saturated heterocycles. The quantitative estimate of drug-likeness (QED) is 0.447. The minimum atomic E-state index is 0.493. The number of rotatable bonds is 4. The van der Waals surface area contributed by atoms with Crippen molar-refractivity contribution in [1.82, 2.24) is 9.55 Å². The number of hydrogen-bond acceptors (Lipinski definition) is 2. The van der Waals surface area contributed by atoms with Gasteiger partial charge in [-0.3, -0.25) is 4.99 Å². The van der Waals surface area contributed by atoms with E-state index in [4.69, 9.17) is 4.98 Å². The smallest absolute Gasteiger partial charge is 0.151 e. The van der Waals surface area contributed by atoms with E-state index in [1.165, 1.54) is 29.5 Å². The van der Waals surface area contributed by atoms with Crippen LogP contribution in [0.4, 0.5) is 0 Å². The van der Waals surface area contributed by atoms with Crippen molar-refractivity contribution >= 4 is 17.2 Å². The van der Waals surface area contributed by atoms with Crippen LogP contribution in [0.5, 0.6) is 0 Å². The first-order valence-electron chi connectivity index (χ1n) is 9.45. The molecule has 0 bridgehead atoms. The molecule has 1 aliphatic carbocycles. The average molecular weight is 351 g/mol. The summed E-state index contributed by atoms with van der Waals surface area (Å²) in [6.07, 6.45) is 4.34. The second kappa shape index (κ2) is 6.51. The van der Waals surface area contributed by atoms with Gasteiger partial charge in [-0.1, -0.05) is 72.8 Å². The molecule has 4 aromatic rings. The monoisotopic (exact) mass is 351 g/mol. The Morgan fingerprint density at radius 1 is 0.852 bits per heavy atom. The maximum atomic E-state index is 4.99. The maximum Gasteiger partial charge on any atom is 0.151 e. The Labute approximate surface area is 159 Å². The van der Waals surface area contributed by atoms with E-state index >= 15 is 0 Å². The zero-order valence-corrected chi connectivity index (χ0v) is 15.3. The molecule has 0 aliphatic heterocycles. The first-order chi connectivity index (χ1) is 13.3. The van der Waals surface area contributed by atoms with Crippen molar-refractivity contribution in [3.05, 3.63) is 78.6 Å². The van der Waals surface area contributed by atoms with E-state index in [1.807, 2.05) is 12.3 Å². The normalized spacial score (nSPS) is 14.3. The molecule has 1 heterocycles. The van der Waals surface area contributed by atoms with Crippen LogP contribution < -0.4 is 0 Å². The number of nitrogens with zero attached hydrogens (tertiary/aromatic N) is 3. The third-order valence-corrected chi connectivity index (χ3v) is 5.17. The first-order valence-corrected chi connectivity index (χ1v) is 9.45. The van der Waals surface area contributed by atoms with E-state index in [1.54, 1.807) is 0 Å². The predicted molar refractivity (Wildman–Crippen MR) is 112 cm³/mol. The van der Waals surface area contributed by atoms with Crippen molar-refractivity contribution in [2.45, 2.75) is 18.9 Å². The number of fused-ring (bicyclic) bond motifs is 1. The van der Waals surface area contributed by atoms with E-state index in [9.17, 15) is 0 Å². The number of aliphatic imine (C=N–C) groups is 1. The van der Waals surface area contributed by atoms with Crippen LogP contribution >= 0.6 is 0 Å². The van der Waals surface area contributed by atoms with Gasteiger partial charge in [-0.05, 0) is 24.0 Å². The molecule has 0 amide bonds. The SMILES string of the molecule is Cn1c(C=NC2CC2)nc2c(-c3ccccc3)ccc(-c3ccccc3)c21. The topological polar surface area (TPSA) is 30.2 Å². The maximum absolute atomic E-state index is 4.99. The van der Waals surface area contributed by atoms with Gasteiger partial charge in [0.05, 0.1) is 23.3 Å². The molecule has 0 unspecified atom stereocenters. The summed E-state index contributed by atoms with van der Waals surface area (Å²) >= 11 is 0. The highest BCUT2D eigenvalue weighted by atomic mass is 15.1. The van der Waals surface area contributed by atoms with Gasteiger partial charge < -0.3 is 4.57 Å². The van der Waals surface area contributed by atoms with Gasteiger partial charge in [0, 0.05) is 18.2 Å². The lowest BCUT2D eigenvalue weighted by Gasteiger charge is -2.09. The van der Waals surface area contributed by atoms with Crippen molar-refractivity contribution in [3.63, 3.8) is 0 Å². The molecular formula is C24H21N3. The number of aryl methyl sites for hydroxylation is 1. The molecule has 3 nitrogen and oxygen atoms in total. The van der Waals surface area contributed by atoms with Crippen LogP contribution in [0.2, 0.25) is 0 Å². The average Bonchev–Trinajstić information content (AvgIpc) is 3.50. The van der Waals surface area contributed by atoms with E-state index in [0.29, 0.717) is 6.04 Å². The highest BCUT2D eigenvalue weighted by molar-refractivity contribution is 6.03. The molecule has 0 N–H and O–H groups in total. The van der Waals surface area contributed by atoms with Crippen LogP contribution in [-0.2, 0) is 7.05 Å². The third-order valence-electron chi connectivity index (χ3n) is 5.17.